The molecule has 27 heavy (non-hydrogen) atoms. The van der Waals surface area contributed by atoms with Crippen molar-refractivity contribution in [3.63, 3.8) is 0 Å². The second kappa shape index (κ2) is 8.36. The molecule has 144 valence electrons. The molecule has 2 aromatic rings. The van der Waals surface area contributed by atoms with Gasteiger partial charge in [0.1, 0.15) is 22.5 Å². The van der Waals surface area contributed by atoms with Crippen LogP contribution in [0.4, 0.5) is 5.82 Å². The summed E-state index contributed by atoms with van der Waals surface area (Å²) in [5, 5.41) is 6.83. The van der Waals surface area contributed by atoms with Gasteiger partial charge in [-0.15, -0.1) is 0 Å². The van der Waals surface area contributed by atoms with E-state index in [1.807, 2.05) is 0 Å². The molecule has 0 spiro atoms. The molecule has 0 saturated carbocycles. The van der Waals surface area contributed by atoms with Crippen LogP contribution in [0.25, 0.3) is 0 Å². The number of aryl methyl sites for hydroxylation is 1. The Labute approximate surface area is 160 Å². The van der Waals surface area contributed by atoms with Crippen LogP contribution in [0.2, 0.25) is 5.02 Å². The molecule has 1 atom stereocenters. The molecule has 3 rings (SSSR count). The van der Waals surface area contributed by atoms with Crippen LogP contribution in [0.1, 0.15) is 34.1 Å². The van der Waals surface area contributed by atoms with Crippen LogP contribution < -0.4 is 10.1 Å². The number of nitrogens with zero attached hydrogens (tertiary/aromatic N) is 3. The fraction of sp³-hybridized carbons (Fsp3) is 0.412. The second-order valence-corrected chi connectivity index (χ2v) is 6.23. The van der Waals surface area contributed by atoms with Crippen molar-refractivity contribution < 1.29 is 23.8 Å². The third kappa shape index (κ3) is 4.37. The lowest BCUT2D eigenvalue weighted by molar-refractivity contribution is 0.0527. The van der Waals surface area contributed by atoms with Gasteiger partial charge in [0.25, 0.3) is 5.91 Å². The minimum absolute atomic E-state index is 0.101. The van der Waals surface area contributed by atoms with Gasteiger partial charge in [-0.3, -0.25) is 9.48 Å². The van der Waals surface area contributed by atoms with Crippen molar-refractivity contribution in [1.29, 1.82) is 0 Å². The third-order valence-electron chi connectivity index (χ3n) is 3.90. The molecule has 3 heterocycles. The first-order chi connectivity index (χ1) is 13.0. The number of ether oxygens (including phenoxy) is 3. The van der Waals surface area contributed by atoms with Crippen molar-refractivity contribution in [1.82, 2.24) is 14.8 Å². The van der Waals surface area contributed by atoms with Gasteiger partial charge in [-0.1, -0.05) is 11.6 Å². The number of carbonyl (C=O) groups is 2. The fourth-order valence-corrected chi connectivity index (χ4v) is 2.73. The molecule has 0 aromatic carbocycles. The number of amides is 1. The van der Waals surface area contributed by atoms with Crippen molar-refractivity contribution in [3.8, 4) is 5.88 Å². The van der Waals surface area contributed by atoms with Gasteiger partial charge >= 0.3 is 5.97 Å². The SMILES string of the molecule is CCOC(=O)c1cnn(C)c1NC(=O)c1cnc(O[C@@H]2CCOC2)c(Cl)c1. The number of nitrogens with one attached hydrogen (secondary N) is 1. The summed E-state index contributed by atoms with van der Waals surface area (Å²) in [4.78, 5) is 28.6. The molecule has 10 heteroatoms. The predicted octanol–water partition coefficient (Wildman–Crippen LogP) is 2.07. The van der Waals surface area contributed by atoms with Crippen LogP contribution in [0.3, 0.4) is 0 Å². The minimum atomic E-state index is -0.570. The third-order valence-corrected chi connectivity index (χ3v) is 4.17. The van der Waals surface area contributed by atoms with E-state index in [4.69, 9.17) is 25.8 Å². The standard InChI is InChI=1S/C17H19ClN4O5/c1-3-26-17(24)12-8-20-22(2)14(12)21-15(23)10-6-13(18)16(19-7-10)27-11-4-5-25-9-11/h6-8,11H,3-5,9H2,1-2H3,(H,21,23)/t11-/m1/s1. The van der Waals surface area contributed by atoms with Gasteiger partial charge < -0.3 is 19.5 Å². The van der Waals surface area contributed by atoms with Gasteiger partial charge in [-0.2, -0.15) is 5.10 Å². The summed E-state index contributed by atoms with van der Waals surface area (Å²) in [6.07, 6.45) is 3.35. The number of hydrogen-bond acceptors (Lipinski definition) is 7. The topological polar surface area (TPSA) is 105 Å². The molecular weight excluding hydrogens is 376 g/mol. The zero-order valence-corrected chi connectivity index (χ0v) is 15.7. The van der Waals surface area contributed by atoms with Gasteiger partial charge in [0.05, 0.1) is 31.6 Å². The summed E-state index contributed by atoms with van der Waals surface area (Å²) in [5.41, 5.74) is 0.374. The molecule has 1 fully saturated rings. The van der Waals surface area contributed by atoms with Gasteiger partial charge in [0.15, 0.2) is 0 Å². The van der Waals surface area contributed by atoms with Crippen LogP contribution in [0.15, 0.2) is 18.5 Å². The number of pyridine rings is 1. The van der Waals surface area contributed by atoms with Gasteiger partial charge in [0, 0.05) is 19.7 Å². The number of aromatic nitrogens is 3. The van der Waals surface area contributed by atoms with E-state index < -0.39 is 11.9 Å². The lowest BCUT2D eigenvalue weighted by atomic mass is 10.2. The highest BCUT2D eigenvalue weighted by atomic mass is 35.5. The molecule has 9 nitrogen and oxygen atoms in total. The van der Waals surface area contributed by atoms with Crippen LogP contribution in [-0.2, 0) is 16.5 Å². The van der Waals surface area contributed by atoms with Crippen molar-refractivity contribution in [3.05, 3.63) is 34.6 Å². The number of carbonyl (C=O) groups excluding carboxylic acids is 2. The summed E-state index contributed by atoms with van der Waals surface area (Å²) in [6, 6.07) is 1.45. The Kier molecular flexibility index (Phi) is 5.92. The quantitative estimate of drug-likeness (QED) is 0.747. The molecule has 0 bridgehead atoms. The first-order valence-corrected chi connectivity index (χ1v) is 8.77. The lowest BCUT2D eigenvalue weighted by Crippen LogP contribution is -2.19. The Morgan fingerprint density at radius 3 is 2.93 bits per heavy atom. The molecule has 1 aliphatic heterocycles. The van der Waals surface area contributed by atoms with Gasteiger partial charge in [0.2, 0.25) is 5.88 Å². The van der Waals surface area contributed by atoms with Crippen molar-refractivity contribution in [2.75, 3.05) is 25.1 Å². The summed E-state index contributed by atoms with van der Waals surface area (Å²) in [7, 11) is 1.60. The zero-order valence-electron chi connectivity index (χ0n) is 14.9. The number of rotatable bonds is 6. The predicted molar refractivity (Wildman–Crippen MR) is 96.2 cm³/mol. The number of esters is 1. The summed E-state index contributed by atoms with van der Waals surface area (Å²) in [6.45, 7) is 3.03. The number of hydrogen-bond donors (Lipinski definition) is 1. The highest BCUT2D eigenvalue weighted by molar-refractivity contribution is 6.32. The average Bonchev–Trinajstić information content (AvgIpc) is 3.27. The maximum absolute atomic E-state index is 12.5. The Morgan fingerprint density at radius 2 is 2.26 bits per heavy atom. The summed E-state index contributed by atoms with van der Waals surface area (Å²) >= 11 is 6.19. The van der Waals surface area contributed by atoms with E-state index in [1.165, 1.54) is 23.1 Å². The van der Waals surface area contributed by atoms with Crippen molar-refractivity contribution in [2.45, 2.75) is 19.4 Å². The maximum atomic E-state index is 12.5. The van der Waals surface area contributed by atoms with E-state index in [9.17, 15) is 9.59 Å². The molecular formula is C17H19ClN4O5. The molecule has 0 unspecified atom stereocenters. The van der Waals surface area contributed by atoms with E-state index in [1.54, 1.807) is 14.0 Å². The fourth-order valence-electron chi connectivity index (χ4n) is 2.52. The molecule has 2 aromatic heterocycles. The van der Waals surface area contributed by atoms with Gasteiger partial charge in [-0.05, 0) is 13.0 Å². The molecule has 1 aliphatic rings. The van der Waals surface area contributed by atoms with Crippen molar-refractivity contribution >= 4 is 29.3 Å². The normalized spacial score (nSPS) is 16.2. The number of anilines is 1. The maximum Gasteiger partial charge on any atom is 0.343 e. The van der Waals surface area contributed by atoms with E-state index >= 15 is 0 Å². The van der Waals surface area contributed by atoms with Crippen LogP contribution in [0, 0.1) is 0 Å². The Morgan fingerprint density at radius 1 is 1.44 bits per heavy atom. The molecule has 0 radical (unpaired) electrons. The summed E-state index contributed by atoms with van der Waals surface area (Å²) in [5.74, 6) is -0.594. The molecule has 1 saturated heterocycles. The first-order valence-electron chi connectivity index (χ1n) is 8.40. The van der Waals surface area contributed by atoms with E-state index in [0.29, 0.717) is 13.2 Å². The summed E-state index contributed by atoms with van der Waals surface area (Å²) < 4.78 is 17.2. The van der Waals surface area contributed by atoms with Crippen LogP contribution in [-0.4, -0.2) is 52.6 Å². The van der Waals surface area contributed by atoms with Crippen LogP contribution >= 0.6 is 11.6 Å². The number of halogens is 1. The van der Waals surface area contributed by atoms with E-state index in [0.717, 1.165) is 6.42 Å². The smallest absolute Gasteiger partial charge is 0.343 e. The highest BCUT2D eigenvalue weighted by Crippen LogP contribution is 2.26. The highest BCUT2D eigenvalue weighted by Gasteiger charge is 2.22. The average molecular weight is 395 g/mol. The Balaban J connectivity index is 1.74. The second-order valence-electron chi connectivity index (χ2n) is 5.82. The Hall–Kier alpha value is -2.65. The van der Waals surface area contributed by atoms with E-state index in [2.05, 4.69) is 15.4 Å². The molecule has 1 N–H and O–H groups in total. The largest absolute Gasteiger partial charge is 0.471 e. The lowest BCUT2D eigenvalue weighted by Gasteiger charge is -2.13. The molecule has 0 aliphatic carbocycles. The molecule has 1 amide bonds. The van der Waals surface area contributed by atoms with E-state index in [-0.39, 0.29) is 40.6 Å². The monoisotopic (exact) mass is 394 g/mol. The first kappa shape index (κ1) is 19.1. The van der Waals surface area contributed by atoms with Crippen LogP contribution in [0.5, 0.6) is 5.88 Å². The van der Waals surface area contributed by atoms with Gasteiger partial charge in [-0.25, -0.2) is 9.78 Å². The van der Waals surface area contributed by atoms with Crippen molar-refractivity contribution in [2.24, 2.45) is 7.05 Å². The Bertz CT molecular complexity index is 848. The minimum Gasteiger partial charge on any atom is -0.471 e. The zero-order chi connectivity index (χ0) is 19.4.